The van der Waals surface area contributed by atoms with Crippen molar-refractivity contribution < 1.29 is 32.2 Å². The van der Waals surface area contributed by atoms with Gasteiger partial charge in [0.1, 0.15) is 11.5 Å². The lowest BCUT2D eigenvalue weighted by atomic mass is 9.94. The number of carbonyl (C=O) groups is 1. The quantitative estimate of drug-likeness (QED) is 0.346. The van der Waals surface area contributed by atoms with Crippen LogP contribution in [0.3, 0.4) is 0 Å². The summed E-state index contributed by atoms with van der Waals surface area (Å²) in [5.74, 6) is -1.08. The van der Waals surface area contributed by atoms with Gasteiger partial charge in [-0.3, -0.25) is 0 Å². The van der Waals surface area contributed by atoms with E-state index in [9.17, 15) is 27.5 Å². The number of halogens is 5. The fourth-order valence-electron chi connectivity index (χ4n) is 4.02. The van der Waals surface area contributed by atoms with Gasteiger partial charge in [0.05, 0.1) is 11.6 Å². The zero-order valence-corrected chi connectivity index (χ0v) is 21.0. The summed E-state index contributed by atoms with van der Waals surface area (Å²) >= 11 is 5.94. The first-order valence-corrected chi connectivity index (χ1v) is 11.5. The summed E-state index contributed by atoms with van der Waals surface area (Å²) in [6, 6.07) is 12.0. The van der Waals surface area contributed by atoms with E-state index in [0.717, 1.165) is 10.6 Å². The van der Waals surface area contributed by atoms with Crippen molar-refractivity contribution in [2.45, 2.75) is 33.5 Å². The molecule has 0 spiro atoms. The molecule has 2 aromatic carbocycles. The second-order valence-electron chi connectivity index (χ2n) is 9.40. The van der Waals surface area contributed by atoms with Crippen molar-refractivity contribution in [2.24, 2.45) is 5.41 Å². The Labute approximate surface area is 211 Å². The Bertz CT molecular complexity index is 1240. The molecular formula is C26H27ClF4N2O3. The highest BCUT2D eigenvalue weighted by Crippen LogP contribution is 2.45. The predicted octanol–water partition coefficient (Wildman–Crippen LogP) is 6.77. The lowest BCUT2D eigenvalue weighted by Crippen LogP contribution is -2.39. The Morgan fingerprint density at radius 1 is 1.14 bits per heavy atom. The minimum Gasteiger partial charge on any atom is -0.396 e. The molecule has 0 atom stereocenters. The third-order valence-corrected chi connectivity index (χ3v) is 6.00. The molecule has 0 fully saturated rings. The van der Waals surface area contributed by atoms with Crippen molar-refractivity contribution >= 4 is 17.7 Å². The number of aromatic nitrogens is 1. The standard InChI is InChI=1S/C26H27ClF4N2O3/c1-16-21(18-10-11-20(28)19(27)12-18)23(36-24(35)32(4)14-25(2,3)15-34)33(22(16)26(29,30)31)13-17-8-6-5-7-9-17/h5-12,34H,13-15H2,1-4H3. The van der Waals surface area contributed by atoms with E-state index in [1.807, 2.05) is 0 Å². The summed E-state index contributed by atoms with van der Waals surface area (Å²) in [7, 11) is 1.43. The molecule has 0 radical (unpaired) electrons. The van der Waals surface area contributed by atoms with Crippen molar-refractivity contribution in [1.29, 1.82) is 0 Å². The first-order valence-electron chi connectivity index (χ1n) is 11.1. The average molecular weight is 527 g/mol. The third kappa shape index (κ3) is 6.02. The Morgan fingerprint density at radius 3 is 2.33 bits per heavy atom. The van der Waals surface area contributed by atoms with Crippen LogP contribution in [0, 0.1) is 18.2 Å². The number of carbonyl (C=O) groups excluding carboxylic acids is 1. The van der Waals surface area contributed by atoms with Crippen molar-refractivity contribution in [3.8, 4) is 17.0 Å². The summed E-state index contributed by atoms with van der Waals surface area (Å²) in [6.07, 6.45) is -5.70. The molecule has 194 valence electrons. The fraction of sp³-hybridized carbons (Fsp3) is 0.346. The number of hydrogen-bond donors (Lipinski definition) is 1. The molecule has 5 nitrogen and oxygen atoms in total. The van der Waals surface area contributed by atoms with Gasteiger partial charge in [0, 0.05) is 31.2 Å². The highest BCUT2D eigenvalue weighted by atomic mass is 35.5. The van der Waals surface area contributed by atoms with Gasteiger partial charge < -0.3 is 19.3 Å². The molecule has 1 amide bonds. The van der Waals surface area contributed by atoms with Crippen LogP contribution in [0.25, 0.3) is 11.1 Å². The van der Waals surface area contributed by atoms with E-state index in [1.165, 1.54) is 31.0 Å². The van der Waals surface area contributed by atoms with Crippen molar-refractivity contribution in [3.63, 3.8) is 0 Å². The van der Waals surface area contributed by atoms with E-state index >= 15 is 0 Å². The molecule has 0 saturated carbocycles. The molecule has 0 aliphatic carbocycles. The van der Waals surface area contributed by atoms with E-state index in [2.05, 4.69) is 0 Å². The molecule has 0 aliphatic rings. The van der Waals surface area contributed by atoms with E-state index in [4.69, 9.17) is 16.3 Å². The zero-order valence-electron chi connectivity index (χ0n) is 20.3. The molecule has 1 heterocycles. The van der Waals surface area contributed by atoms with Crippen LogP contribution < -0.4 is 4.74 Å². The number of amides is 1. The van der Waals surface area contributed by atoms with Crippen LogP contribution in [0.4, 0.5) is 22.4 Å². The summed E-state index contributed by atoms with van der Waals surface area (Å²) in [5, 5.41) is 9.26. The van der Waals surface area contributed by atoms with Gasteiger partial charge >= 0.3 is 12.3 Å². The lowest BCUT2D eigenvalue weighted by Gasteiger charge is -2.28. The van der Waals surface area contributed by atoms with Gasteiger partial charge in [0.2, 0.25) is 5.88 Å². The summed E-state index contributed by atoms with van der Waals surface area (Å²) < 4.78 is 63.4. The SMILES string of the molecule is Cc1c(-c2ccc(F)c(Cl)c2)c(OC(=O)N(C)CC(C)(C)CO)n(Cc2ccccc2)c1C(F)(F)F. The first kappa shape index (κ1) is 27.5. The number of aliphatic hydroxyl groups is 1. The predicted molar refractivity (Wildman–Crippen MR) is 130 cm³/mol. The highest BCUT2D eigenvalue weighted by Gasteiger charge is 2.41. The number of rotatable bonds is 7. The minimum absolute atomic E-state index is 0.0247. The highest BCUT2D eigenvalue weighted by molar-refractivity contribution is 6.31. The zero-order chi connectivity index (χ0) is 26.8. The van der Waals surface area contributed by atoms with Gasteiger partial charge in [-0.1, -0.05) is 61.8 Å². The maximum absolute atomic E-state index is 14.3. The van der Waals surface area contributed by atoms with Gasteiger partial charge in [-0.05, 0) is 35.7 Å². The molecule has 1 N–H and O–H groups in total. The van der Waals surface area contributed by atoms with Gasteiger partial charge in [0.15, 0.2) is 0 Å². The third-order valence-electron chi connectivity index (χ3n) is 5.71. The number of benzene rings is 2. The molecule has 0 aliphatic heterocycles. The van der Waals surface area contributed by atoms with Gasteiger partial charge in [-0.25, -0.2) is 9.18 Å². The maximum atomic E-state index is 14.3. The largest absolute Gasteiger partial charge is 0.431 e. The smallest absolute Gasteiger partial charge is 0.396 e. The maximum Gasteiger partial charge on any atom is 0.431 e. The number of alkyl halides is 3. The van der Waals surface area contributed by atoms with Crippen LogP contribution in [0.5, 0.6) is 5.88 Å². The molecule has 3 aromatic rings. The van der Waals surface area contributed by atoms with Crippen LogP contribution in [-0.4, -0.2) is 40.9 Å². The van der Waals surface area contributed by atoms with Crippen LogP contribution in [0.1, 0.15) is 30.7 Å². The summed E-state index contributed by atoms with van der Waals surface area (Å²) in [6.45, 7) is 4.36. The topological polar surface area (TPSA) is 54.7 Å². The molecule has 10 heteroatoms. The van der Waals surface area contributed by atoms with E-state index in [0.29, 0.717) is 5.56 Å². The fourth-order valence-corrected chi connectivity index (χ4v) is 4.20. The second-order valence-corrected chi connectivity index (χ2v) is 9.81. The Hall–Kier alpha value is -3.04. The Balaban J connectivity index is 2.23. The van der Waals surface area contributed by atoms with Crippen LogP contribution in [0.2, 0.25) is 5.02 Å². The molecule has 0 unspecified atom stereocenters. The van der Waals surface area contributed by atoms with Gasteiger partial charge in [0.25, 0.3) is 0 Å². The van der Waals surface area contributed by atoms with Crippen LogP contribution in [-0.2, 0) is 12.7 Å². The monoisotopic (exact) mass is 526 g/mol. The summed E-state index contributed by atoms with van der Waals surface area (Å²) in [5.41, 5.74) is -1.17. The number of nitrogens with zero attached hydrogens (tertiary/aromatic N) is 2. The van der Waals surface area contributed by atoms with Crippen LogP contribution >= 0.6 is 11.6 Å². The number of hydrogen-bond acceptors (Lipinski definition) is 3. The van der Waals surface area contributed by atoms with Crippen molar-refractivity contribution in [2.75, 3.05) is 20.2 Å². The van der Waals surface area contributed by atoms with Gasteiger partial charge in [-0.2, -0.15) is 13.2 Å². The van der Waals surface area contributed by atoms with E-state index in [1.54, 1.807) is 44.2 Å². The van der Waals surface area contributed by atoms with Crippen molar-refractivity contribution in [1.82, 2.24) is 9.47 Å². The molecule has 1 aromatic heterocycles. The molecular weight excluding hydrogens is 500 g/mol. The summed E-state index contributed by atoms with van der Waals surface area (Å²) in [4.78, 5) is 14.2. The average Bonchev–Trinajstić information content (AvgIpc) is 3.07. The molecule has 0 saturated heterocycles. The first-order chi connectivity index (χ1) is 16.7. The molecule has 0 bridgehead atoms. The van der Waals surface area contributed by atoms with Crippen LogP contribution in [0.15, 0.2) is 48.5 Å². The Kier molecular flexibility index (Phi) is 8.05. The minimum atomic E-state index is -4.78. The normalized spacial score (nSPS) is 12.1. The molecule has 3 rings (SSSR count). The van der Waals surface area contributed by atoms with Crippen molar-refractivity contribution in [3.05, 3.63) is 76.2 Å². The Morgan fingerprint density at radius 2 is 1.78 bits per heavy atom. The second kappa shape index (κ2) is 10.5. The molecule has 36 heavy (non-hydrogen) atoms. The van der Waals surface area contributed by atoms with Gasteiger partial charge in [-0.15, -0.1) is 0 Å². The number of ether oxygens (including phenoxy) is 1. The van der Waals surface area contributed by atoms with E-state index < -0.39 is 29.2 Å². The number of aliphatic hydroxyl groups excluding tert-OH is 1. The lowest BCUT2D eigenvalue weighted by molar-refractivity contribution is -0.144. The van der Waals surface area contributed by atoms with E-state index in [-0.39, 0.29) is 47.3 Å².